The fraction of sp³-hybridized carbons (Fsp3) is 0.484. The molecule has 2 rings (SSSR count). The van der Waals surface area contributed by atoms with E-state index in [1.165, 1.54) is 4.90 Å². The third kappa shape index (κ3) is 9.13. The van der Waals surface area contributed by atoms with Gasteiger partial charge in [-0.2, -0.15) is 5.26 Å². The average molecular weight is 535 g/mol. The minimum atomic E-state index is -1.10. The lowest BCUT2D eigenvalue weighted by molar-refractivity contribution is -0.140. The van der Waals surface area contributed by atoms with Crippen LogP contribution in [0, 0.1) is 31.1 Å². The quantitative estimate of drug-likeness (QED) is 0.372. The second-order valence-electron chi connectivity index (χ2n) is 11.2. The van der Waals surface area contributed by atoms with E-state index in [2.05, 4.69) is 10.6 Å². The summed E-state index contributed by atoms with van der Waals surface area (Å²) < 4.78 is 5.40. The molecule has 0 fully saturated rings. The number of carbonyl (C=O) groups excluding carboxylic acids is 3. The molecule has 2 aromatic rings. The van der Waals surface area contributed by atoms with Gasteiger partial charge in [0.1, 0.15) is 24.2 Å². The molecule has 0 bridgehead atoms. The first-order valence-electron chi connectivity index (χ1n) is 13.4. The number of amides is 3. The van der Waals surface area contributed by atoms with Crippen LogP contribution in [0.2, 0.25) is 0 Å². The fourth-order valence-electron chi connectivity index (χ4n) is 4.33. The Balaban J connectivity index is 2.56. The first kappa shape index (κ1) is 31.4. The van der Waals surface area contributed by atoms with Gasteiger partial charge in [-0.05, 0) is 75.6 Å². The highest BCUT2D eigenvalue weighted by Crippen LogP contribution is 2.28. The Morgan fingerprint density at radius 3 is 2.10 bits per heavy atom. The Hall–Kier alpha value is -3.86. The molecule has 3 amide bonds. The van der Waals surface area contributed by atoms with Gasteiger partial charge < -0.3 is 20.3 Å². The molecule has 8 nitrogen and oxygen atoms in total. The highest BCUT2D eigenvalue weighted by atomic mass is 16.6. The normalized spacial score (nSPS) is 12.7. The molecule has 2 unspecified atom stereocenters. The SMILES string of the molecule is CCc1ccc(C(C(=O)Nc2c(C)cccc2C)N(CC#N)C(=O)C(CC(C)C)NC(=O)OC(C)(C)C)cc1. The number of hydrogen-bond acceptors (Lipinski definition) is 5. The molecule has 0 aliphatic heterocycles. The largest absolute Gasteiger partial charge is 0.444 e. The Morgan fingerprint density at radius 1 is 1.03 bits per heavy atom. The van der Waals surface area contributed by atoms with Gasteiger partial charge in [-0.25, -0.2) is 4.79 Å². The second kappa shape index (κ2) is 13.8. The maximum Gasteiger partial charge on any atom is 0.408 e. The summed E-state index contributed by atoms with van der Waals surface area (Å²) in [6.07, 6.45) is 0.388. The van der Waals surface area contributed by atoms with Gasteiger partial charge in [-0.15, -0.1) is 0 Å². The van der Waals surface area contributed by atoms with E-state index < -0.39 is 35.6 Å². The number of nitrogens with one attached hydrogen (secondary N) is 2. The maximum atomic E-state index is 14.0. The predicted molar refractivity (Wildman–Crippen MR) is 153 cm³/mol. The maximum absolute atomic E-state index is 14.0. The summed E-state index contributed by atoms with van der Waals surface area (Å²) in [5, 5.41) is 15.4. The van der Waals surface area contributed by atoms with Crippen LogP contribution in [-0.4, -0.2) is 41.0 Å². The standard InChI is InChI=1S/C31H42N4O4/c1-9-23-13-15-24(16-14-23)27(28(36)34-26-21(4)11-10-12-22(26)5)35(18-17-32)29(37)25(19-20(2)3)33-30(38)39-31(6,7)8/h10-16,20,25,27H,9,18-19H2,1-8H3,(H,33,38)(H,34,36). The Bertz CT molecular complexity index is 1170. The van der Waals surface area contributed by atoms with Gasteiger partial charge in [0, 0.05) is 5.69 Å². The third-order valence-electron chi connectivity index (χ3n) is 6.21. The minimum Gasteiger partial charge on any atom is -0.444 e. The number of para-hydroxylation sites is 1. The van der Waals surface area contributed by atoms with Crippen LogP contribution in [0.4, 0.5) is 10.5 Å². The molecule has 39 heavy (non-hydrogen) atoms. The molecular formula is C31H42N4O4. The summed E-state index contributed by atoms with van der Waals surface area (Å²) in [5.74, 6) is -0.929. The van der Waals surface area contributed by atoms with E-state index >= 15 is 0 Å². The molecule has 0 spiro atoms. The summed E-state index contributed by atoms with van der Waals surface area (Å²) in [6.45, 7) is 14.6. The number of anilines is 1. The van der Waals surface area contributed by atoms with Crippen LogP contribution < -0.4 is 10.6 Å². The van der Waals surface area contributed by atoms with Crippen molar-refractivity contribution in [1.82, 2.24) is 10.2 Å². The van der Waals surface area contributed by atoms with E-state index in [0.29, 0.717) is 17.7 Å². The van der Waals surface area contributed by atoms with Crippen molar-refractivity contribution in [3.8, 4) is 6.07 Å². The molecule has 210 valence electrons. The molecule has 0 aliphatic rings. The number of alkyl carbamates (subject to hydrolysis) is 1. The van der Waals surface area contributed by atoms with Gasteiger partial charge in [0.15, 0.2) is 0 Å². The van der Waals surface area contributed by atoms with E-state index in [1.54, 1.807) is 20.8 Å². The number of carbonyl (C=O) groups is 3. The van der Waals surface area contributed by atoms with E-state index in [9.17, 15) is 19.6 Å². The predicted octanol–water partition coefficient (Wildman–Crippen LogP) is 5.84. The van der Waals surface area contributed by atoms with Crippen LogP contribution in [-0.2, 0) is 20.7 Å². The Morgan fingerprint density at radius 2 is 1.62 bits per heavy atom. The van der Waals surface area contributed by atoms with Crippen LogP contribution in [0.3, 0.4) is 0 Å². The first-order chi connectivity index (χ1) is 18.3. The molecule has 2 atom stereocenters. The van der Waals surface area contributed by atoms with E-state index in [0.717, 1.165) is 23.1 Å². The average Bonchev–Trinajstić information content (AvgIpc) is 2.84. The van der Waals surface area contributed by atoms with Gasteiger partial charge in [0.2, 0.25) is 5.91 Å². The number of aryl methyl sites for hydroxylation is 3. The number of hydrogen-bond donors (Lipinski definition) is 2. The Labute approximate surface area is 232 Å². The van der Waals surface area contributed by atoms with Crippen molar-refractivity contribution in [1.29, 1.82) is 5.26 Å². The van der Waals surface area contributed by atoms with Gasteiger partial charge in [0.05, 0.1) is 6.07 Å². The molecule has 0 radical (unpaired) electrons. The summed E-state index contributed by atoms with van der Waals surface area (Å²) >= 11 is 0. The molecule has 0 saturated heterocycles. The summed E-state index contributed by atoms with van der Waals surface area (Å²) in [5.41, 5.74) is 3.32. The van der Waals surface area contributed by atoms with E-state index in [1.807, 2.05) is 83.2 Å². The van der Waals surface area contributed by atoms with E-state index in [-0.39, 0.29) is 12.5 Å². The molecule has 0 aromatic heterocycles. The van der Waals surface area contributed by atoms with Crippen molar-refractivity contribution >= 4 is 23.6 Å². The zero-order valence-electron chi connectivity index (χ0n) is 24.4. The van der Waals surface area contributed by atoms with Gasteiger partial charge in [0.25, 0.3) is 5.91 Å². The summed E-state index contributed by atoms with van der Waals surface area (Å²) in [7, 11) is 0. The van der Waals surface area contributed by atoms with Crippen molar-refractivity contribution in [2.75, 3.05) is 11.9 Å². The molecule has 0 aliphatic carbocycles. The molecule has 0 saturated carbocycles. The van der Waals surface area contributed by atoms with Crippen molar-refractivity contribution < 1.29 is 19.1 Å². The number of nitrogens with zero attached hydrogens (tertiary/aromatic N) is 2. The molecule has 2 aromatic carbocycles. The molecule has 2 N–H and O–H groups in total. The lowest BCUT2D eigenvalue weighted by atomic mass is 9.98. The first-order valence-corrected chi connectivity index (χ1v) is 13.4. The topological polar surface area (TPSA) is 112 Å². The zero-order chi connectivity index (χ0) is 29.3. The van der Waals surface area contributed by atoms with Crippen molar-refractivity contribution in [3.05, 3.63) is 64.7 Å². The van der Waals surface area contributed by atoms with Crippen LogP contribution >= 0.6 is 0 Å². The smallest absolute Gasteiger partial charge is 0.408 e. The van der Waals surface area contributed by atoms with Crippen molar-refractivity contribution in [3.63, 3.8) is 0 Å². The van der Waals surface area contributed by atoms with Crippen LogP contribution in [0.25, 0.3) is 0 Å². The second-order valence-corrected chi connectivity index (χ2v) is 11.2. The fourth-order valence-corrected chi connectivity index (χ4v) is 4.33. The lowest BCUT2D eigenvalue weighted by Gasteiger charge is -2.33. The molecule has 0 heterocycles. The number of benzene rings is 2. The third-order valence-corrected chi connectivity index (χ3v) is 6.21. The summed E-state index contributed by atoms with van der Waals surface area (Å²) in [4.78, 5) is 41.8. The molecular weight excluding hydrogens is 492 g/mol. The highest BCUT2D eigenvalue weighted by molar-refractivity contribution is 6.00. The van der Waals surface area contributed by atoms with Crippen LogP contribution in [0.5, 0.6) is 0 Å². The Kier molecular flexibility index (Phi) is 11.1. The number of ether oxygens (including phenoxy) is 1. The van der Waals surface area contributed by atoms with Crippen molar-refractivity contribution in [2.24, 2.45) is 5.92 Å². The highest BCUT2D eigenvalue weighted by Gasteiger charge is 2.37. The molecule has 8 heteroatoms. The van der Waals surface area contributed by atoms with Crippen molar-refractivity contribution in [2.45, 2.75) is 85.9 Å². The van der Waals surface area contributed by atoms with Gasteiger partial charge in [-0.3, -0.25) is 9.59 Å². The monoisotopic (exact) mass is 534 g/mol. The minimum absolute atomic E-state index is 0.0450. The summed E-state index contributed by atoms with van der Waals surface area (Å²) in [6, 6.07) is 13.1. The lowest BCUT2D eigenvalue weighted by Crippen LogP contribution is -2.53. The zero-order valence-corrected chi connectivity index (χ0v) is 24.4. The van der Waals surface area contributed by atoms with Crippen LogP contribution in [0.15, 0.2) is 42.5 Å². The number of nitriles is 1. The number of rotatable bonds is 10. The van der Waals surface area contributed by atoms with Gasteiger partial charge in [-0.1, -0.05) is 63.2 Å². The van der Waals surface area contributed by atoms with Crippen LogP contribution in [0.1, 0.15) is 76.3 Å². The van der Waals surface area contributed by atoms with E-state index in [4.69, 9.17) is 4.74 Å². The van der Waals surface area contributed by atoms with Gasteiger partial charge >= 0.3 is 6.09 Å².